The summed E-state index contributed by atoms with van der Waals surface area (Å²) in [6.07, 6.45) is 4.27. The number of nitrogens with zero attached hydrogens (tertiary/aromatic N) is 4. The SMILES string of the molecule is Bc1cnn2c(NCC3CCCN(Cc4ccc(C#Cc5ccccc5)cc4)C3)cc(-c3ccccc3Cl)nc12. The Morgan fingerprint density at radius 2 is 1.70 bits per heavy atom. The number of likely N-dealkylation sites (tertiary alicyclic amines) is 1. The van der Waals surface area contributed by atoms with Gasteiger partial charge in [0.1, 0.15) is 13.7 Å². The lowest BCUT2D eigenvalue weighted by molar-refractivity contribution is 0.173. The first-order chi connectivity index (χ1) is 19.6. The predicted octanol–water partition coefficient (Wildman–Crippen LogP) is 5.03. The molecule has 198 valence electrons. The number of hydrogen-bond acceptors (Lipinski definition) is 4. The Balaban J connectivity index is 1.11. The van der Waals surface area contributed by atoms with E-state index in [1.54, 1.807) is 0 Å². The maximum atomic E-state index is 6.51. The van der Waals surface area contributed by atoms with E-state index in [2.05, 4.69) is 57.5 Å². The van der Waals surface area contributed by atoms with Crippen molar-refractivity contribution in [2.24, 2.45) is 5.92 Å². The van der Waals surface area contributed by atoms with Crippen molar-refractivity contribution < 1.29 is 0 Å². The molecule has 1 saturated heterocycles. The van der Waals surface area contributed by atoms with Crippen LogP contribution in [0.25, 0.3) is 16.9 Å². The summed E-state index contributed by atoms with van der Waals surface area (Å²) in [4.78, 5) is 7.44. The van der Waals surface area contributed by atoms with Crippen LogP contribution in [0.1, 0.15) is 29.5 Å². The third kappa shape index (κ3) is 6.07. The highest BCUT2D eigenvalue weighted by atomic mass is 35.5. The molecule has 1 fully saturated rings. The van der Waals surface area contributed by atoms with E-state index in [0.717, 1.165) is 65.5 Å². The molecule has 40 heavy (non-hydrogen) atoms. The van der Waals surface area contributed by atoms with E-state index in [1.807, 2.05) is 73.2 Å². The topological polar surface area (TPSA) is 45.5 Å². The van der Waals surface area contributed by atoms with E-state index in [-0.39, 0.29) is 0 Å². The third-order valence-corrected chi connectivity index (χ3v) is 7.79. The van der Waals surface area contributed by atoms with Crippen molar-refractivity contribution in [2.45, 2.75) is 19.4 Å². The maximum absolute atomic E-state index is 6.51. The summed E-state index contributed by atoms with van der Waals surface area (Å²) < 4.78 is 1.90. The molecular formula is C33H31BClN5. The van der Waals surface area contributed by atoms with E-state index in [9.17, 15) is 0 Å². The smallest absolute Gasteiger partial charge is 0.151 e. The van der Waals surface area contributed by atoms with Crippen LogP contribution in [-0.2, 0) is 6.54 Å². The molecule has 0 amide bonds. The first kappa shape index (κ1) is 26.2. The molecule has 3 aromatic carbocycles. The summed E-state index contributed by atoms with van der Waals surface area (Å²) in [6, 6.07) is 28.7. The lowest BCUT2D eigenvalue weighted by Crippen LogP contribution is -2.37. The average molecular weight is 544 g/mol. The fourth-order valence-corrected chi connectivity index (χ4v) is 5.57. The molecule has 0 spiro atoms. The van der Waals surface area contributed by atoms with Crippen LogP contribution < -0.4 is 10.8 Å². The third-order valence-electron chi connectivity index (χ3n) is 7.46. The molecule has 6 rings (SSSR count). The Morgan fingerprint density at radius 3 is 2.50 bits per heavy atom. The van der Waals surface area contributed by atoms with Gasteiger partial charge in [0.05, 0.1) is 5.69 Å². The van der Waals surface area contributed by atoms with E-state index in [4.69, 9.17) is 16.6 Å². The first-order valence-electron chi connectivity index (χ1n) is 13.8. The Morgan fingerprint density at radius 1 is 0.950 bits per heavy atom. The van der Waals surface area contributed by atoms with Gasteiger partial charge in [0.2, 0.25) is 0 Å². The number of hydrogen-bond donors (Lipinski definition) is 1. The molecular weight excluding hydrogens is 513 g/mol. The zero-order valence-corrected chi connectivity index (χ0v) is 23.4. The van der Waals surface area contributed by atoms with Crippen LogP contribution >= 0.6 is 11.6 Å². The lowest BCUT2D eigenvalue weighted by atomic mass is 9.97. The minimum atomic E-state index is 0.549. The summed E-state index contributed by atoms with van der Waals surface area (Å²) in [5.74, 6) is 8.00. The number of nitrogens with one attached hydrogen (secondary N) is 1. The average Bonchev–Trinajstić information content (AvgIpc) is 3.37. The molecule has 2 aromatic heterocycles. The summed E-state index contributed by atoms with van der Waals surface area (Å²) >= 11 is 6.51. The molecule has 1 aliphatic heterocycles. The van der Waals surface area contributed by atoms with Crippen LogP contribution in [-0.4, -0.2) is 47.0 Å². The monoisotopic (exact) mass is 543 g/mol. The van der Waals surface area contributed by atoms with E-state index < -0.39 is 0 Å². The van der Waals surface area contributed by atoms with Gasteiger partial charge in [0, 0.05) is 53.6 Å². The molecule has 0 radical (unpaired) electrons. The highest BCUT2D eigenvalue weighted by Gasteiger charge is 2.21. The van der Waals surface area contributed by atoms with Gasteiger partial charge in [-0.25, -0.2) is 4.98 Å². The molecule has 5 nitrogen and oxygen atoms in total. The predicted molar refractivity (Wildman–Crippen MR) is 167 cm³/mol. The van der Waals surface area contributed by atoms with Crippen molar-refractivity contribution >= 4 is 36.4 Å². The quantitative estimate of drug-likeness (QED) is 0.241. The Hall–Kier alpha value is -4.05. The molecule has 5 aromatic rings. The van der Waals surface area contributed by atoms with Gasteiger partial charge in [-0.3, -0.25) is 4.90 Å². The zero-order valence-electron chi connectivity index (χ0n) is 22.6. The van der Waals surface area contributed by atoms with Gasteiger partial charge in [-0.05, 0) is 66.7 Å². The first-order valence-corrected chi connectivity index (χ1v) is 14.2. The van der Waals surface area contributed by atoms with Crippen molar-refractivity contribution in [2.75, 3.05) is 25.0 Å². The molecule has 1 N–H and O–H groups in total. The zero-order chi connectivity index (χ0) is 27.3. The van der Waals surface area contributed by atoms with E-state index in [0.29, 0.717) is 10.9 Å². The van der Waals surface area contributed by atoms with Crippen molar-refractivity contribution in [3.63, 3.8) is 0 Å². The van der Waals surface area contributed by atoms with E-state index in [1.165, 1.54) is 18.4 Å². The largest absolute Gasteiger partial charge is 0.370 e. The van der Waals surface area contributed by atoms with Gasteiger partial charge in [0.15, 0.2) is 5.65 Å². The maximum Gasteiger partial charge on any atom is 0.151 e. The second-order valence-corrected chi connectivity index (χ2v) is 10.9. The van der Waals surface area contributed by atoms with Crippen molar-refractivity contribution in [3.8, 4) is 23.1 Å². The van der Waals surface area contributed by atoms with Gasteiger partial charge in [-0.2, -0.15) is 9.61 Å². The van der Waals surface area contributed by atoms with Crippen LogP contribution in [0, 0.1) is 17.8 Å². The summed E-state index contributed by atoms with van der Waals surface area (Å²) in [5, 5.41) is 8.98. The summed E-state index contributed by atoms with van der Waals surface area (Å²) in [5.41, 5.74) is 7.07. The highest BCUT2D eigenvalue weighted by molar-refractivity contribution is 6.36. The number of halogens is 1. The standard InChI is InChI=1S/C33H31BClN5/c34-29-21-37-40-32(19-31(38-33(29)40)28-10-4-5-11-30(28)35)36-20-27-9-6-18-39(23-27)22-26-16-14-25(15-17-26)13-12-24-7-2-1-3-8-24/h1-5,7-8,10-11,14-17,19,21,27,36H,6,9,18,20,22-23,34H2. The second kappa shape index (κ2) is 12.0. The minimum absolute atomic E-state index is 0.549. The Kier molecular flexibility index (Phi) is 7.86. The van der Waals surface area contributed by atoms with Crippen molar-refractivity contribution in [1.82, 2.24) is 19.5 Å². The molecule has 3 heterocycles. The Labute approximate surface area is 241 Å². The molecule has 1 aliphatic rings. The summed E-state index contributed by atoms with van der Waals surface area (Å²) in [7, 11) is 2.04. The molecule has 7 heteroatoms. The molecule has 0 saturated carbocycles. The number of rotatable bonds is 6. The number of aromatic nitrogens is 3. The normalized spacial score (nSPS) is 15.5. The molecule has 0 bridgehead atoms. The fraction of sp³-hybridized carbons (Fsp3) is 0.212. The number of fused-ring (bicyclic) bond motifs is 1. The summed E-state index contributed by atoms with van der Waals surface area (Å²) in [6.45, 7) is 4.02. The fourth-order valence-electron chi connectivity index (χ4n) is 5.33. The van der Waals surface area contributed by atoms with Gasteiger partial charge < -0.3 is 5.32 Å². The van der Waals surface area contributed by atoms with Crippen molar-refractivity contribution in [3.05, 3.63) is 113 Å². The van der Waals surface area contributed by atoms with Crippen LogP contribution in [0.15, 0.2) is 91.1 Å². The minimum Gasteiger partial charge on any atom is -0.370 e. The van der Waals surface area contributed by atoms with Crippen LogP contribution in [0.5, 0.6) is 0 Å². The van der Waals surface area contributed by atoms with Gasteiger partial charge in [-0.1, -0.05) is 72.0 Å². The van der Waals surface area contributed by atoms with Crippen LogP contribution in [0.2, 0.25) is 5.02 Å². The van der Waals surface area contributed by atoms with Gasteiger partial charge in [0.25, 0.3) is 0 Å². The number of anilines is 1. The second-order valence-electron chi connectivity index (χ2n) is 10.5. The van der Waals surface area contributed by atoms with Crippen LogP contribution in [0.4, 0.5) is 5.82 Å². The number of benzene rings is 3. The Bertz CT molecular complexity index is 1670. The number of piperidine rings is 1. The van der Waals surface area contributed by atoms with Crippen LogP contribution in [0.3, 0.4) is 0 Å². The highest BCUT2D eigenvalue weighted by Crippen LogP contribution is 2.28. The van der Waals surface area contributed by atoms with Gasteiger partial charge in [-0.15, -0.1) is 0 Å². The molecule has 0 aliphatic carbocycles. The lowest BCUT2D eigenvalue weighted by Gasteiger charge is -2.33. The molecule has 1 unspecified atom stereocenters. The van der Waals surface area contributed by atoms with Crippen molar-refractivity contribution in [1.29, 1.82) is 0 Å². The molecule has 1 atom stereocenters. The van der Waals surface area contributed by atoms with E-state index >= 15 is 0 Å². The van der Waals surface area contributed by atoms with Gasteiger partial charge >= 0.3 is 0 Å².